The Morgan fingerprint density at radius 2 is 1.43 bits per heavy atom. The highest BCUT2D eigenvalue weighted by Crippen LogP contribution is 2.50. The minimum Gasteiger partial charge on any atom is -0.0688 e. The van der Waals surface area contributed by atoms with Crippen LogP contribution < -0.4 is 5.30 Å². The standard InChI is InChI=1S/C22H29P/c1-5-8-16(3)23(17(4)9-6-2)21-15-14-19-13-12-18-10-7-11-20(21)22(18)19/h7,10-17H,5-6,8-9H2,1-4H3. The zero-order valence-electron chi connectivity index (χ0n) is 15.0. The first-order valence-electron chi connectivity index (χ1n) is 9.19. The molecular formula is C22H29P. The van der Waals surface area contributed by atoms with Crippen LogP contribution in [0.5, 0.6) is 0 Å². The summed E-state index contributed by atoms with van der Waals surface area (Å²) in [6, 6.07) is 11.7. The van der Waals surface area contributed by atoms with Crippen molar-refractivity contribution in [2.75, 3.05) is 0 Å². The zero-order valence-corrected chi connectivity index (χ0v) is 15.9. The molecule has 0 aromatic heterocycles. The molecule has 0 heterocycles. The van der Waals surface area contributed by atoms with Gasteiger partial charge in [-0.3, -0.25) is 0 Å². The van der Waals surface area contributed by atoms with Gasteiger partial charge < -0.3 is 0 Å². The molecule has 2 unspecified atom stereocenters. The summed E-state index contributed by atoms with van der Waals surface area (Å²) in [5.41, 5.74) is 4.42. The number of hydrogen-bond acceptors (Lipinski definition) is 0. The Bertz CT molecular complexity index is 689. The average molecular weight is 324 g/mol. The van der Waals surface area contributed by atoms with Crippen molar-refractivity contribution in [3.8, 4) is 0 Å². The Balaban J connectivity index is 2.12. The Morgan fingerprint density at radius 1 is 0.826 bits per heavy atom. The third-order valence-corrected chi connectivity index (χ3v) is 8.53. The second kappa shape index (κ2) is 7.18. The molecule has 0 nitrogen and oxygen atoms in total. The van der Waals surface area contributed by atoms with Gasteiger partial charge in [-0.15, -0.1) is 0 Å². The van der Waals surface area contributed by atoms with Crippen molar-refractivity contribution >= 4 is 36.2 Å². The van der Waals surface area contributed by atoms with Crippen molar-refractivity contribution in [2.45, 2.75) is 64.7 Å². The quantitative estimate of drug-likeness (QED) is 0.419. The fourth-order valence-corrected chi connectivity index (χ4v) is 7.76. The Kier molecular flexibility index (Phi) is 5.22. The molecule has 0 saturated carbocycles. The summed E-state index contributed by atoms with van der Waals surface area (Å²) >= 11 is 0. The highest BCUT2D eigenvalue weighted by atomic mass is 31.1. The molecule has 0 bridgehead atoms. The molecule has 23 heavy (non-hydrogen) atoms. The van der Waals surface area contributed by atoms with Crippen LogP contribution >= 0.6 is 7.92 Å². The van der Waals surface area contributed by atoms with Crippen LogP contribution in [-0.2, 0) is 0 Å². The SMILES string of the molecule is CCCC(C)P(c1ccc2c3c(cccc13)C=C2)C(C)CCC. The molecule has 2 atom stereocenters. The lowest BCUT2D eigenvalue weighted by atomic mass is 10.0. The lowest BCUT2D eigenvalue weighted by Crippen LogP contribution is -2.20. The largest absolute Gasteiger partial charge is 0.0688 e. The maximum absolute atomic E-state index is 2.49. The topological polar surface area (TPSA) is 0 Å². The summed E-state index contributed by atoms with van der Waals surface area (Å²) in [7, 11) is -0.115. The van der Waals surface area contributed by atoms with E-state index >= 15 is 0 Å². The fourth-order valence-electron chi connectivity index (χ4n) is 4.15. The lowest BCUT2D eigenvalue weighted by molar-refractivity contribution is 0.741. The van der Waals surface area contributed by atoms with Crippen molar-refractivity contribution in [3.63, 3.8) is 0 Å². The van der Waals surface area contributed by atoms with E-state index in [0.717, 1.165) is 11.3 Å². The summed E-state index contributed by atoms with van der Waals surface area (Å²) in [6.07, 6.45) is 9.83. The Labute approximate surface area is 142 Å². The average Bonchev–Trinajstić information content (AvgIpc) is 2.95. The third kappa shape index (κ3) is 3.11. The van der Waals surface area contributed by atoms with E-state index in [0.29, 0.717) is 0 Å². The van der Waals surface area contributed by atoms with Gasteiger partial charge in [0.25, 0.3) is 0 Å². The van der Waals surface area contributed by atoms with E-state index in [-0.39, 0.29) is 7.92 Å². The van der Waals surface area contributed by atoms with Crippen LogP contribution in [0.3, 0.4) is 0 Å². The molecule has 1 aliphatic rings. The molecule has 1 heteroatoms. The molecule has 0 fully saturated rings. The number of benzene rings is 2. The van der Waals surface area contributed by atoms with Gasteiger partial charge in [-0.05, 0) is 51.4 Å². The van der Waals surface area contributed by atoms with Crippen LogP contribution in [0.25, 0.3) is 22.9 Å². The van der Waals surface area contributed by atoms with Gasteiger partial charge in [-0.2, -0.15) is 0 Å². The van der Waals surface area contributed by atoms with Gasteiger partial charge in [-0.25, -0.2) is 0 Å². The first kappa shape index (κ1) is 16.7. The van der Waals surface area contributed by atoms with Gasteiger partial charge in [0, 0.05) is 0 Å². The number of hydrogen-bond donors (Lipinski definition) is 0. The van der Waals surface area contributed by atoms with Crippen LogP contribution in [0, 0.1) is 0 Å². The molecule has 2 aromatic rings. The smallest absolute Gasteiger partial charge is 0.00324 e. The predicted molar refractivity (Wildman–Crippen MR) is 108 cm³/mol. The minimum atomic E-state index is -0.115. The Morgan fingerprint density at radius 3 is 2.04 bits per heavy atom. The maximum atomic E-state index is 2.49. The van der Waals surface area contributed by atoms with Gasteiger partial charge in [0.2, 0.25) is 0 Å². The molecule has 2 aromatic carbocycles. The molecule has 122 valence electrons. The molecule has 0 radical (unpaired) electrons. The summed E-state index contributed by atoms with van der Waals surface area (Å²) < 4.78 is 0. The summed E-state index contributed by atoms with van der Waals surface area (Å²) in [5, 5.41) is 4.65. The normalized spacial score (nSPS) is 16.7. The Hall–Kier alpha value is -1.13. The van der Waals surface area contributed by atoms with Crippen molar-refractivity contribution in [1.82, 2.24) is 0 Å². The summed E-state index contributed by atoms with van der Waals surface area (Å²) in [5.74, 6) is 0. The van der Waals surface area contributed by atoms with E-state index in [4.69, 9.17) is 0 Å². The van der Waals surface area contributed by atoms with E-state index in [1.165, 1.54) is 47.6 Å². The third-order valence-electron chi connectivity index (χ3n) is 5.17. The lowest BCUT2D eigenvalue weighted by Gasteiger charge is -2.32. The van der Waals surface area contributed by atoms with Crippen molar-refractivity contribution in [3.05, 3.63) is 41.5 Å². The first-order valence-corrected chi connectivity index (χ1v) is 10.7. The van der Waals surface area contributed by atoms with Crippen LogP contribution in [0.1, 0.15) is 64.5 Å². The molecule has 0 aliphatic heterocycles. The van der Waals surface area contributed by atoms with Gasteiger partial charge in [0.1, 0.15) is 0 Å². The fraction of sp³-hybridized carbons (Fsp3) is 0.455. The number of rotatable bonds is 7. The van der Waals surface area contributed by atoms with Gasteiger partial charge >= 0.3 is 0 Å². The van der Waals surface area contributed by atoms with Crippen molar-refractivity contribution in [2.24, 2.45) is 0 Å². The molecule has 0 spiro atoms. The molecular weight excluding hydrogens is 295 g/mol. The van der Waals surface area contributed by atoms with Crippen molar-refractivity contribution in [1.29, 1.82) is 0 Å². The molecule has 0 amide bonds. The van der Waals surface area contributed by atoms with Gasteiger partial charge in [0.15, 0.2) is 0 Å². The van der Waals surface area contributed by atoms with Gasteiger partial charge in [-0.1, -0.05) is 90.9 Å². The van der Waals surface area contributed by atoms with Crippen LogP contribution in [0.4, 0.5) is 0 Å². The van der Waals surface area contributed by atoms with E-state index in [1.807, 2.05) is 0 Å². The highest BCUT2D eigenvalue weighted by Gasteiger charge is 2.26. The zero-order chi connectivity index (χ0) is 16.4. The van der Waals surface area contributed by atoms with E-state index in [9.17, 15) is 0 Å². The van der Waals surface area contributed by atoms with Crippen LogP contribution in [0.15, 0.2) is 30.3 Å². The second-order valence-corrected chi connectivity index (χ2v) is 10.0. The van der Waals surface area contributed by atoms with Crippen molar-refractivity contribution < 1.29 is 0 Å². The van der Waals surface area contributed by atoms with E-state index in [2.05, 4.69) is 70.2 Å². The molecule has 0 saturated heterocycles. The highest BCUT2D eigenvalue weighted by molar-refractivity contribution is 7.67. The van der Waals surface area contributed by atoms with Crippen LogP contribution in [0.2, 0.25) is 0 Å². The maximum Gasteiger partial charge on any atom is -0.00324 e. The predicted octanol–water partition coefficient (Wildman–Crippen LogP) is 6.81. The monoisotopic (exact) mass is 324 g/mol. The van der Waals surface area contributed by atoms with E-state index in [1.54, 1.807) is 5.30 Å². The summed E-state index contributed by atoms with van der Waals surface area (Å²) in [4.78, 5) is 0. The van der Waals surface area contributed by atoms with E-state index < -0.39 is 0 Å². The molecule has 0 N–H and O–H groups in total. The van der Waals surface area contributed by atoms with Gasteiger partial charge in [0.05, 0.1) is 0 Å². The summed E-state index contributed by atoms with van der Waals surface area (Å²) in [6.45, 7) is 9.63. The molecule has 3 rings (SSSR count). The second-order valence-electron chi connectivity index (χ2n) is 6.96. The molecule has 1 aliphatic carbocycles. The minimum absolute atomic E-state index is 0.115. The first-order chi connectivity index (χ1) is 11.2. The van der Waals surface area contributed by atoms with Crippen LogP contribution in [-0.4, -0.2) is 11.3 Å².